The topological polar surface area (TPSA) is 94.2 Å². The highest BCUT2D eigenvalue weighted by atomic mass is 16.3. The van der Waals surface area contributed by atoms with Gasteiger partial charge in [-0.1, -0.05) is 60.2 Å². The Balaban J connectivity index is 1.55. The number of amides is 1. The maximum Gasteiger partial charge on any atom is 0.280 e. The van der Waals surface area contributed by atoms with Gasteiger partial charge in [0, 0.05) is 23.2 Å². The molecule has 3 aromatic carbocycles. The summed E-state index contributed by atoms with van der Waals surface area (Å²) in [4.78, 5) is 38.9. The molecule has 5 aromatic rings. The molecule has 0 saturated heterocycles. The number of hydrogen-bond donors (Lipinski definition) is 1. The van der Waals surface area contributed by atoms with Crippen molar-refractivity contribution in [2.24, 2.45) is 0 Å². The number of carbonyl (C=O) groups excluding carboxylic acids is 2. The van der Waals surface area contributed by atoms with Gasteiger partial charge < -0.3 is 9.73 Å². The third-order valence-electron chi connectivity index (χ3n) is 5.40. The lowest BCUT2D eigenvalue weighted by atomic mass is 10.1. The summed E-state index contributed by atoms with van der Waals surface area (Å²) in [6.07, 6.45) is 1.50. The van der Waals surface area contributed by atoms with Crippen molar-refractivity contribution in [3.05, 3.63) is 124 Å². The zero-order valence-electron chi connectivity index (χ0n) is 18.2. The maximum atomic E-state index is 13.2. The van der Waals surface area contributed by atoms with Gasteiger partial charge in [-0.15, -0.1) is 0 Å². The SMILES string of the molecule is Cc1ccc(-n2ccc(=O)c(C(=O)Nc3c(C(=O)c4ccccc4)oc4ccccc34)n2)cc1. The van der Waals surface area contributed by atoms with Crippen LogP contribution < -0.4 is 10.7 Å². The number of fused-ring (bicyclic) bond motifs is 1. The lowest BCUT2D eigenvalue weighted by Gasteiger charge is -2.09. The van der Waals surface area contributed by atoms with Crippen molar-refractivity contribution in [1.29, 1.82) is 0 Å². The van der Waals surface area contributed by atoms with E-state index < -0.39 is 11.3 Å². The number of ketones is 1. The molecule has 2 aromatic heterocycles. The van der Waals surface area contributed by atoms with Gasteiger partial charge in [0.2, 0.25) is 11.2 Å². The van der Waals surface area contributed by atoms with Crippen molar-refractivity contribution in [3.8, 4) is 5.69 Å². The predicted molar refractivity (Wildman–Crippen MR) is 129 cm³/mol. The van der Waals surface area contributed by atoms with Crippen LogP contribution in [0.15, 0.2) is 100 Å². The highest BCUT2D eigenvalue weighted by Crippen LogP contribution is 2.32. The lowest BCUT2D eigenvalue weighted by molar-refractivity contribution is 0.101. The maximum absolute atomic E-state index is 13.2. The molecule has 2 heterocycles. The van der Waals surface area contributed by atoms with Crippen LogP contribution in [0.5, 0.6) is 0 Å². The minimum Gasteiger partial charge on any atom is -0.450 e. The van der Waals surface area contributed by atoms with Crippen molar-refractivity contribution in [1.82, 2.24) is 9.78 Å². The van der Waals surface area contributed by atoms with Crippen molar-refractivity contribution >= 4 is 28.3 Å². The number of para-hydroxylation sites is 1. The number of anilines is 1. The molecule has 0 aliphatic heterocycles. The van der Waals surface area contributed by atoms with Crippen LogP contribution in [0.4, 0.5) is 5.69 Å². The highest BCUT2D eigenvalue weighted by Gasteiger charge is 2.25. The van der Waals surface area contributed by atoms with E-state index in [1.54, 1.807) is 54.6 Å². The van der Waals surface area contributed by atoms with Crippen molar-refractivity contribution < 1.29 is 14.0 Å². The van der Waals surface area contributed by atoms with Gasteiger partial charge in [0.25, 0.3) is 5.91 Å². The quantitative estimate of drug-likeness (QED) is 0.390. The van der Waals surface area contributed by atoms with Gasteiger partial charge in [0.1, 0.15) is 5.58 Å². The molecule has 0 unspecified atom stereocenters. The number of hydrogen-bond acceptors (Lipinski definition) is 5. The minimum absolute atomic E-state index is 0.0180. The summed E-state index contributed by atoms with van der Waals surface area (Å²) in [6.45, 7) is 1.96. The summed E-state index contributed by atoms with van der Waals surface area (Å²) in [7, 11) is 0. The number of aryl methyl sites for hydroxylation is 1. The van der Waals surface area contributed by atoms with Crippen LogP contribution in [0.25, 0.3) is 16.7 Å². The summed E-state index contributed by atoms with van der Waals surface area (Å²) in [6, 6.07) is 24.4. The van der Waals surface area contributed by atoms with Gasteiger partial charge in [-0.3, -0.25) is 14.4 Å². The Kier molecular flexibility index (Phi) is 5.35. The number of furan rings is 1. The first kappa shape index (κ1) is 21.1. The Labute approximate surface area is 194 Å². The van der Waals surface area contributed by atoms with E-state index in [-0.39, 0.29) is 22.9 Å². The van der Waals surface area contributed by atoms with Gasteiger partial charge in [-0.2, -0.15) is 5.10 Å². The summed E-state index contributed by atoms with van der Waals surface area (Å²) in [5.74, 6) is -1.14. The molecule has 0 bridgehead atoms. The molecule has 1 N–H and O–H groups in total. The zero-order chi connectivity index (χ0) is 23.7. The fraction of sp³-hybridized carbons (Fsp3) is 0.0370. The molecular weight excluding hydrogens is 430 g/mol. The second kappa shape index (κ2) is 8.63. The van der Waals surface area contributed by atoms with E-state index in [2.05, 4.69) is 10.4 Å². The Morgan fingerprint density at radius 1 is 0.882 bits per heavy atom. The average Bonchev–Trinajstić information content (AvgIpc) is 3.23. The summed E-state index contributed by atoms with van der Waals surface area (Å²) in [5, 5.41) is 7.49. The van der Waals surface area contributed by atoms with E-state index in [0.29, 0.717) is 22.2 Å². The van der Waals surface area contributed by atoms with Crippen molar-refractivity contribution in [2.75, 3.05) is 5.32 Å². The van der Waals surface area contributed by atoms with E-state index in [1.165, 1.54) is 16.9 Å². The molecule has 0 radical (unpaired) electrons. The molecule has 7 nitrogen and oxygen atoms in total. The fourth-order valence-corrected chi connectivity index (χ4v) is 3.63. The number of nitrogens with one attached hydrogen (secondary N) is 1. The minimum atomic E-state index is -0.736. The molecule has 0 spiro atoms. The smallest absolute Gasteiger partial charge is 0.280 e. The largest absolute Gasteiger partial charge is 0.450 e. The van der Waals surface area contributed by atoms with Crippen LogP contribution in [0.3, 0.4) is 0 Å². The Morgan fingerprint density at radius 3 is 2.35 bits per heavy atom. The number of benzene rings is 3. The van der Waals surface area contributed by atoms with E-state index in [0.717, 1.165) is 5.56 Å². The molecule has 0 atom stereocenters. The highest BCUT2D eigenvalue weighted by molar-refractivity contribution is 6.18. The van der Waals surface area contributed by atoms with Gasteiger partial charge in [0.15, 0.2) is 11.5 Å². The van der Waals surface area contributed by atoms with Gasteiger partial charge >= 0.3 is 0 Å². The van der Waals surface area contributed by atoms with Crippen LogP contribution in [0, 0.1) is 6.92 Å². The molecule has 5 rings (SSSR count). The Morgan fingerprint density at radius 2 is 1.59 bits per heavy atom. The van der Waals surface area contributed by atoms with Crippen LogP contribution in [0.2, 0.25) is 0 Å². The predicted octanol–water partition coefficient (Wildman–Crippen LogP) is 4.77. The summed E-state index contributed by atoms with van der Waals surface area (Å²) >= 11 is 0. The van der Waals surface area contributed by atoms with Gasteiger partial charge in [-0.05, 0) is 31.2 Å². The molecule has 1 amide bonds. The normalized spacial score (nSPS) is 10.9. The third-order valence-corrected chi connectivity index (χ3v) is 5.40. The van der Waals surface area contributed by atoms with E-state index in [4.69, 9.17) is 4.42 Å². The monoisotopic (exact) mass is 449 g/mol. The Hall–Kier alpha value is -4.78. The lowest BCUT2D eigenvalue weighted by Crippen LogP contribution is -2.26. The van der Waals surface area contributed by atoms with Crippen LogP contribution in [0.1, 0.15) is 32.2 Å². The van der Waals surface area contributed by atoms with Crippen LogP contribution in [-0.4, -0.2) is 21.5 Å². The number of rotatable bonds is 5. The number of nitrogens with zero attached hydrogens (tertiary/aromatic N) is 2. The Bertz CT molecular complexity index is 1580. The first-order chi connectivity index (χ1) is 16.5. The molecule has 0 fully saturated rings. The third kappa shape index (κ3) is 3.91. The average molecular weight is 449 g/mol. The molecule has 7 heteroatoms. The summed E-state index contributed by atoms with van der Waals surface area (Å²) in [5.41, 5.74) is 1.99. The van der Waals surface area contributed by atoms with E-state index in [1.807, 2.05) is 31.2 Å². The van der Waals surface area contributed by atoms with Crippen molar-refractivity contribution in [3.63, 3.8) is 0 Å². The second-order valence-corrected chi connectivity index (χ2v) is 7.76. The van der Waals surface area contributed by atoms with Gasteiger partial charge in [0.05, 0.1) is 11.4 Å². The number of carbonyl (C=O) groups is 2. The number of aromatic nitrogens is 2. The molecule has 0 saturated carbocycles. The summed E-state index contributed by atoms with van der Waals surface area (Å²) < 4.78 is 7.28. The molecule has 0 aliphatic carbocycles. The van der Waals surface area contributed by atoms with Gasteiger partial charge in [-0.25, -0.2) is 4.68 Å². The van der Waals surface area contributed by atoms with E-state index in [9.17, 15) is 14.4 Å². The van der Waals surface area contributed by atoms with Crippen LogP contribution in [-0.2, 0) is 0 Å². The second-order valence-electron chi connectivity index (χ2n) is 7.76. The molecule has 34 heavy (non-hydrogen) atoms. The molecule has 166 valence electrons. The molecular formula is C27H19N3O4. The first-order valence-electron chi connectivity index (χ1n) is 10.6. The van der Waals surface area contributed by atoms with E-state index >= 15 is 0 Å². The standard InChI is InChI=1S/C27H19N3O4/c1-17-11-13-19(14-12-17)30-16-15-21(31)24(29-30)27(33)28-23-20-9-5-6-10-22(20)34-26(23)25(32)18-7-3-2-4-8-18/h2-16H,1H3,(H,28,33). The van der Waals surface area contributed by atoms with Crippen LogP contribution >= 0.6 is 0 Å². The van der Waals surface area contributed by atoms with Crippen molar-refractivity contribution in [2.45, 2.75) is 6.92 Å². The molecule has 0 aliphatic rings. The zero-order valence-corrected chi connectivity index (χ0v) is 18.2. The fourth-order valence-electron chi connectivity index (χ4n) is 3.63. The first-order valence-corrected chi connectivity index (χ1v) is 10.6.